The van der Waals surface area contributed by atoms with Crippen LogP contribution >= 0.6 is 63.4 Å². The van der Waals surface area contributed by atoms with Crippen molar-refractivity contribution in [2.24, 2.45) is 5.73 Å². The highest BCUT2D eigenvalue weighted by Gasteiger charge is 2.24. The maximum absolute atomic E-state index is 12.1. The average Bonchev–Trinajstić information content (AvgIpc) is 3.10. The fraction of sp³-hybridized carbons (Fsp3) is 0.385. The molecule has 4 nitrogen and oxygen atoms in total. The van der Waals surface area contributed by atoms with Crippen molar-refractivity contribution < 1.29 is 4.79 Å². The zero-order chi connectivity index (χ0) is 14.1. The molecule has 0 saturated carbocycles. The van der Waals surface area contributed by atoms with E-state index in [2.05, 4.69) is 27.0 Å². The minimum Gasteiger partial charge on any atom is -0.341 e. The lowest BCUT2D eigenvalue weighted by molar-refractivity contribution is -0.129. The molecule has 122 valence electrons. The summed E-state index contributed by atoms with van der Waals surface area (Å²) >= 11 is 6.68. The van der Waals surface area contributed by atoms with Crippen LogP contribution in [0.4, 0.5) is 0 Å². The van der Waals surface area contributed by atoms with Crippen LogP contribution in [0.1, 0.15) is 12.1 Å². The summed E-state index contributed by atoms with van der Waals surface area (Å²) in [6.45, 7) is 1.45. The molecule has 2 aromatic heterocycles. The Morgan fingerprint density at radius 3 is 2.77 bits per heavy atom. The molecule has 9 heteroatoms. The number of carbonyl (C=O) groups excluding carboxylic acids is 1. The van der Waals surface area contributed by atoms with Crippen LogP contribution in [0, 0.1) is 0 Å². The smallest absolute Gasteiger partial charge is 0.228 e. The maximum atomic E-state index is 12.1. The lowest BCUT2D eigenvalue weighted by atomic mass is 10.3. The van der Waals surface area contributed by atoms with Crippen LogP contribution in [-0.2, 0) is 11.2 Å². The van der Waals surface area contributed by atoms with Gasteiger partial charge >= 0.3 is 0 Å². The van der Waals surface area contributed by atoms with Gasteiger partial charge in [-0.2, -0.15) is 0 Å². The molecule has 1 amide bonds. The SMILES string of the molecule is Cl.Cl.N[C@@H]1CCN(C(=O)Cc2csc(-c3cc(Br)cs3)n2)C1. The van der Waals surface area contributed by atoms with Crippen molar-refractivity contribution in [3.8, 4) is 9.88 Å². The lowest BCUT2D eigenvalue weighted by Crippen LogP contribution is -2.32. The standard InChI is InChI=1S/C13H14BrN3OS2.2ClH/c14-8-3-11(19-6-8)13-16-10(7-20-13)4-12(18)17-2-1-9(15)5-17;;/h3,6-7,9H,1-2,4-5,15H2;2*1H/t9-;;/m1../s1. The molecule has 3 rings (SSSR count). The number of thiazole rings is 1. The Morgan fingerprint density at radius 2 is 2.18 bits per heavy atom. The van der Waals surface area contributed by atoms with Crippen LogP contribution in [-0.4, -0.2) is 34.9 Å². The van der Waals surface area contributed by atoms with E-state index in [1.165, 1.54) is 0 Å². The van der Waals surface area contributed by atoms with Gasteiger partial charge in [0.25, 0.3) is 0 Å². The zero-order valence-corrected chi connectivity index (χ0v) is 16.4. The predicted octanol–water partition coefficient (Wildman–Crippen LogP) is 3.58. The average molecular weight is 445 g/mol. The second kappa shape index (κ2) is 8.61. The summed E-state index contributed by atoms with van der Waals surface area (Å²) in [6, 6.07) is 2.18. The summed E-state index contributed by atoms with van der Waals surface area (Å²) in [6.07, 6.45) is 1.27. The van der Waals surface area contributed by atoms with Crippen LogP contribution in [0.25, 0.3) is 9.88 Å². The van der Waals surface area contributed by atoms with E-state index in [4.69, 9.17) is 5.73 Å². The maximum Gasteiger partial charge on any atom is 0.228 e. The first-order valence-corrected chi connectivity index (χ1v) is 8.89. The fourth-order valence-corrected chi connectivity index (χ4v) is 4.53. The monoisotopic (exact) mass is 443 g/mol. The number of nitrogens with zero attached hydrogens (tertiary/aromatic N) is 2. The molecular weight excluding hydrogens is 429 g/mol. The molecule has 0 radical (unpaired) electrons. The van der Waals surface area contributed by atoms with Gasteiger partial charge in [0.15, 0.2) is 0 Å². The molecule has 1 fully saturated rings. The van der Waals surface area contributed by atoms with Gasteiger partial charge in [-0.15, -0.1) is 47.5 Å². The number of aromatic nitrogens is 1. The van der Waals surface area contributed by atoms with E-state index in [9.17, 15) is 4.79 Å². The number of amides is 1. The normalized spacial score (nSPS) is 17.0. The van der Waals surface area contributed by atoms with E-state index in [1.807, 2.05) is 15.7 Å². The Labute approximate surface area is 158 Å². The van der Waals surface area contributed by atoms with E-state index in [0.29, 0.717) is 13.0 Å². The largest absolute Gasteiger partial charge is 0.341 e. The second-order valence-electron chi connectivity index (χ2n) is 4.84. The van der Waals surface area contributed by atoms with Gasteiger partial charge in [0.05, 0.1) is 17.0 Å². The third kappa shape index (κ3) is 4.66. The second-order valence-corrected chi connectivity index (χ2v) is 7.52. The summed E-state index contributed by atoms with van der Waals surface area (Å²) in [4.78, 5) is 19.7. The van der Waals surface area contributed by atoms with E-state index in [1.54, 1.807) is 22.7 Å². The predicted molar refractivity (Wildman–Crippen MR) is 100 cm³/mol. The number of likely N-dealkylation sites (tertiary alicyclic amines) is 1. The molecule has 1 atom stereocenters. The minimum absolute atomic E-state index is 0. The van der Waals surface area contributed by atoms with Crippen LogP contribution < -0.4 is 5.73 Å². The fourth-order valence-electron chi connectivity index (χ4n) is 2.21. The van der Waals surface area contributed by atoms with Crippen molar-refractivity contribution in [3.63, 3.8) is 0 Å². The number of rotatable bonds is 3. The summed E-state index contributed by atoms with van der Waals surface area (Å²) < 4.78 is 1.07. The van der Waals surface area contributed by atoms with Crippen molar-refractivity contribution in [3.05, 3.63) is 27.0 Å². The zero-order valence-electron chi connectivity index (χ0n) is 11.5. The molecule has 2 aromatic rings. The Hall–Kier alpha value is -0.180. The molecule has 2 N–H and O–H groups in total. The van der Waals surface area contributed by atoms with Gasteiger partial charge in [-0.05, 0) is 28.4 Å². The number of hydrogen-bond acceptors (Lipinski definition) is 5. The van der Waals surface area contributed by atoms with Gasteiger partial charge in [-0.3, -0.25) is 4.79 Å². The number of nitrogens with two attached hydrogens (primary N) is 1. The molecular formula is C13H16BrCl2N3OS2. The number of halogens is 3. The number of hydrogen-bond donors (Lipinski definition) is 1. The highest BCUT2D eigenvalue weighted by molar-refractivity contribution is 9.10. The molecule has 3 heterocycles. The molecule has 0 unspecified atom stereocenters. The van der Waals surface area contributed by atoms with Gasteiger partial charge in [0.2, 0.25) is 5.91 Å². The van der Waals surface area contributed by atoms with Crippen LogP contribution in [0.15, 0.2) is 21.3 Å². The highest BCUT2D eigenvalue weighted by Crippen LogP contribution is 2.32. The lowest BCUT2D eigenvalue weighted by Gasteiger charge is -2.14. The summed E-state index contributed by atoms with van der Waals surface area (Å²) in [7, 11) is 0. The van der Waals surface area contributed by atoms with Gasteiger partial charge in [-0.25, -0.2) is 4.98 Å². The first-order chi connectivity index (χ1) is 9.61. The molecule has 0 aromatic carbocycles. The van der Waals surface area contributed by atoms with Crippen molar-refractivity contribution in [1.29, 1.82) is 0 Å². The first-order valence-electron chi connectivity index (χ1n) is 6.34. The minimum atomic E-state index is 0. The summed E-state index contributed by atoms with van der Waals surface area (Å²) in [5, 5.41) is 4.98. The number of carbonyl (C=O) groups is 1. The summed E-state index contributed by atoms with van der Waals surface area (Å²) in [5.74, 6) is 0.127. The highest BCUT2D eigenvalue weighted by atomic mass is 79.9. The van der Waals surface area contributed by atoms with Crippen LogP contribution in [0.5, 0.6) is 0 Å². The van der Waals surface area contributed by atoms with E-state index >= 15 is 0 Å². The Balaban J connectivity index is 0.00000121. The van der Waals surface area contributed by atoms with Gasteiger partial charge in [0.1, 0.15) is 5.01 Å². The third-order valence-corrected chi connectivity index (χ3v) is 5.99. The molecule has 0 aliphatic carbocycles. The third-order valence-electron chi connectivity index (χ3n) is 3.24. The molecule has 1 aliphatic rings. The molecule has 1 saturated heterocycles. The van der Waals surface area contributed by atoms with Gasteiger partial charge in [-0.1, -0.05) is 0 Å². The van der Waals surface area contributed by atoms with E-state index in [0.717, 1.165) is 33.0 Å². The van der Waals surface area contributed by atoms with E-state index in [-0.39, 0.29) is 36.8 Å². The quantitative estimate of drug-likeness (QED) is 0.786. The van der Waals surface area contributed by atoms with Gasteiger partial charge in [0, 0.05) is 34.4 Å². The molecule has 0 bridgehead atoms. The van der Waals surface area contributed by atoms with Crippen molar-refractivity contribution in [2.45, 2.75) is 18.9 Å². The summed E-state index contributed by atoms with van der Waals surface area (Å²) in [5.41, 5.74) is 6.68. The first kappa shape index (κ1) is 19.9. The van der Waals surface area contributed by atoms with Crippen LogP contribution in [0.3, 0.4) is 0 Å². The molecule has 22 heavy (non-hydrogen) atoms. The molecule has 1 aliphatic heterocycles. The van der Waals surface area contributed by atoms with Crippen molar-refractivity contribution in [1.82, 2.24) is 9.88 Å². The van der Waals surface area contributed by atoms with Crippen molar-refractivity contribution in [2.75, 3.05) is 13.1 Å². The Kier molecular flexibility index (Phi) is 7.78. The van der Waals surface area contributed by atoms with Crippen molar-refractivity contribution >= 4 is 69.3 Å². The van der Waals surface area contributed by atoms with Gasteiger partial charge < -0.3 is 10.6 Å². The Bertz CT molecular complexity index is 634. The van der Waals surface area contributed by atoms with E-state index < -0.39 is 0 Å². The Morgan fingerprint density at radius 1 is 1.41 bits per heavy atom. The van der Waals surface area contributed by atoms with Crippen LogP contribution in [0.2, 0.25) is 0 Å². The number of thiophene rings is 1. The molecule has 0 spiro atoms. The topological polar surface area (TPSA) is 59.2 Å².